The number of ether oxygens (including phenoxy) is 1. The van der Waals surface area contributed by atoms with Gasteiger partial charge in [0.1, 0.15) is 0 Å². The molecule has 3 rings (SSSR count). The average Bonchev–Trinajstić information content (AvgIpc) is 2.70. The largest absolute Gasteiger partial charge is 0.379 e. The van der Waals surface area contributed by atoms with Crippen LogP contribution in [0.3, 0.4) is 0 Å². The van der Waals surface area contributed by atoms with Crippen molar-refractivity contribution >= 4 is 21.6 Å². The molecule has 7 nitrogen and oxygen atoms in total. The third-order valence-electron chi connectivity index (χ3n) is 6.09. The third kappa shape index (κ3) is 5.57. The van der Waals surface area contributed by atoms with Gasteiger partial charge in [-0.15, -0.1) is 0 Å². The molecule has 29 heavy (non-hydrogen) atoms. The van der Waals surface area contributed by atoms with E-state index in [1.165, 1.54) is 17.1 Å². The Balaban J connectivity index is 1.66. The summed E-state index contributed by atoms with van der Waals surface area (Å²) in [6, 6.07) is 5.35. The first kappa shape index (κ1) is 22.2. The lowest BCUT2D eigenvalue weighted by molar-refractivity contribution is -0.117. The monoisotopic (exact) mass is 423 g/mol. The van der Waals surface area contributed by atoms with Gasteiger partial charge in [-0.1, -0.05) is 13.0 Å². The number of hydrogen-bond donors (Lipinski definition) is 1. The van der Waals surface area contributed by atoms with E-state index >= 15 is 0 Å². The molecule has 2 aliphatic rings. The molecule has 0 aromatic heterocycles. The van der Waals surface area contributed by atoms with Gasteiger partial charge in [0.15, 0.2) is 0 Å². The van der Waals surface area contributed by atoms with E-state index in [2.05, 4.69) is 17.1 Å². The van der Waals surface area contributed by atoms with E-state index in [1.807, 2.05) is 14.0 Å². The SMILES string of the molecule is Cc1ccc(S(=O)(=O)N2CCOCC2)cc1NC(=O)CN(C)C1CCC(C)CC1. The topological polar surface area (TPSA) is 79.0 Å². The number of sulfonamides is 1. The van der Waals surface area contributed by atoms with Crippen molar-refractivity contribution < 1.29 is 17.9 Å². The molecule has 1 heterocycles. The third-order valence-corrected chi connectivity index (χ3v) is 7.99. The van der Waals surface area contributed by atoms with Crippen molar-refractivity contribution in [1.82, 2.24) is 9.21 Å². The molecule has 0 atom stereocenters. The summed E-state index contributed by atoms with van der Waals surface area (Å²) >= 11 is 0. The minimum absolute atomic E-state index is 0.116. The molecule has 0 unspecified atom stereocenters. The first-order chi connectivity index (χ1) is 13.8. The van der Waals surface area contributed by atoms with Gasteiger partial charge < -0.3 is 10.1 Å². The number of nitrogens with zero attached hydrogens (tertiary/aromatic N) is 2. The number of likely N-dealkylation sites (N-methyl/N-ethyl adjacent to an activating group) is 1. The molecular formula is C21H33N3O4S. The fourth-order valence-corrected chi connectivity index (χ4v) is 5.50. The Morgan fingerprint density at radius 1 is 1.21 bits per heavy atom. The van der Waals surface area contributed by atoms with Crippen LogP contribution in [0.25, 0.3) is 0 Å². The minimum atomic E-state index is -3.59. The summed E-state index contributed by atoms with van der Waals surface area (Å²) in [4.78, 5) is 14.9. The quantitative estimate of drug-likeness (QED) is 0.760. The van der Waals surface area contributed by atoms with Crippen LogP contribution in [0.4, 0.5) is 5.69 Å². The van der Waals surface area contributed by atoms with Gasteiger partial charge in [0.2, 0.25) is 15.9 Å². The smallest absolute Gasteiger partial charge is 0.243 e. The predicted octanol–water partition coefficient (Wildman–Crippen LogP) is 2.46. The average molecular weight is 424 g/mol. The summed E-state index contributed by atoms with van der Waals surface area (Å²) < 4.78 is 32.5. The lowest BCUT2D eigenvalue weighted by Crippen LogP contribution is -2.40. The summed E-state index contributed by atoms with van der Waals surface area (Å²) in [6.07, 6.45) is 4.66. The zero-order valence-electron chi connectivity index (χ0n) is 17.7. The van der Waals surface area contributed by atoms with Crippen molar-refractivity contribution in [1.29, 1.82) is 0 Å². The van der Waals surface area contributed by atoms with Crippen LogP contribution in [-0.4, -0.2) is 69.5 Å². The zero-order valence-corrected chi connectivity index (χ0v) is 18.5. The predicted molar refractivity (Wildman–Crippen MR) is 113 cm³/mol. The van der Waals surface area contributed by atoms with E-state index in [0.29, 0.717) is 44.6 Å². The second-order valence-electron chi connectivity index (χ2n) is 8.37. The highest BCUT2D eigenvalue weighted by Crippen LogP contribution is 2.27. The standard InChI is InChI=1S/C21H33N3O4S/c1-16-4-7-18(8-5-16)23(3)15-21(25)22-20-14-19(9-6-17(20)2)29(26,27)24-10-12-28-13-11-24/h6,9,14,16,18H,4-5,7-8,10-13,15H2,1-3H3,(H,22,25). The highest BCUT2D eigenvalue weighted by atomic mass is 32.2. The maximum atomic E-state index is 12.9. The van der Waals surface area contributed by atoms with Gasteiger partial charge in [-0.3, -0.25) is 9.69 Å². The van der Waals surface area contributed by atoms with Crippen LogP contribution in [0.15, 0.2) is 23.1 Å². The van der Waals surface area contributed by atoms with Gasteiger partial charge in [-0.25, -0.2) is 8.42 Å². The molecule has 162 valence electrons. The van der Waals surface area contributed by atoms with E-state index in [0.717, 1.165) is 24.3 Å². The highest BCUT2D eigenvalue weighted by molar-refractivity contribution is 7.89. The Labute approximate surface area is 174 Å². The number of carbonyl (C=O) groups excluding carboxylic acids is 1. The van der Waals surface area contributed by atoms with Crippen LogP contribution in [0.1, 0.15) is 38.2 Å². The van der Waals surface area contributed by atoms with Crippen molar-refractivity contribution in [3.63, 3.8) is 0 Å². The molecule has 1 aromatic carbocycles. The number of rotatable bonds is 6. The van der Waals surface area contributed by atoms with Gasteiger partial charge in [-0.2, -0.15) is 4.31 Å². The van der Waals surface area contributed by atoms with E-state index in [1.54, 1.807) is 18.2 Å². The fourth-order valence-electron chi connectivity index (χ4n) is 4.06. The number of amides is 1. The van der Waals surface area contributed by atoms with Crippen molar-refractivity contribution in [3.05, 3.63) is 23.8 Å². The van der Waals surface area contributed by atoms with Crippen LogP contribution in [0, 0.1) is 12.8 Å². The van der Waals surface area contributed by atoms with Crippen LogP contribution in [0.2, 0.25) is 0 Å². The first-order valence-corrected chi connectivity index (χ1v) is 11.9. The van der Waals surface area contributed by atoms with Gasteiger partial charge in [0.25, 0.3) is 0 Å². The van der Waals surface area contributed by atoms with Crippen molar-refractivity contribution in [3.8, 4) is 0 Å². The van der Waals surface area contributed by atoms with Gasteiger partial charge in [0.05, 0.1) is 24.7 Å². The molecule has 2 fully saturated rings. The fraction of sp³-hybridized carbons (Fsp3) is 0.667. The molecule has 1 N–H and O–H groups in total. The van der Waals surface area contributed by atoms with Crippen LogP contribution >= 0.6 is 0 Å². The second kappa shape index (κ2) is 9.55. The second-order valence-corrected chi connectivity index (χ2v) is 10.3. The van der Waals surface area contributed by atoms with Gasteiger partial charge in [-0.05, 0) is 63.3 Å². The summed E-state index contributed by atoms with van der Waals surface area (Å²) in [5, 5.41) is 2.92. The Hall–Kier alpha value is -1.48. The van der Waals surface area contributed by atoms with Crippen molar-refractivity contribution in [2.24, 2.45) is 5.92 Å². The number of benzene rings is 1. The highest BCUT2D eigenvalue weighted by Gasteiger charge is 2.27. The number of carbonyl (C=O) groups is 1. The van der Waals surface area contributed by atoms with E-state index < -0.39 is 10.0 Å². The lowest BCUT2D eigenvalue weighted by Gasteiger charge is -2.33. The Bertz CT molecular complexity index is 813. The lowest BCUT2D eigenvalue weighted by atomic mass is 9.87. The van der Waals surface area contributed by atoms with E-state index in [-0.39, 0.29) is 10.8 Å². The Kier molecular flexibility index (Phi) is 7.32. The Morgan fingerprint density at radius 2 is 1.86 bits per heavy atom. The van der Waals surface area contributed by atoms with Gasteiger partial charge >= 0.3 is 0 Å². The Morgan fingerprint density at radius 3 is 2.52 bits per heavy atom. The van der Waals surface area contributed by atoms with Crippen LogP contribution < -0.4 is 5.32 Å². The maximum absolute atomic E-state index is 12.9. The molecule has 1 saturated carbocycles. The van der Waals surface area contributed by atoms with Crippen molar-refractivity contribution in [2.45, 2.75) is 50.5 Å². The molecule has 1 aliphatic heterocycles. The molecule has 0 radical (unpaired) electrons. The minimum Gasteiger partial charge on any atom is -0.379 e. The summed E-state index contributed by atoms with van der Waals surface area (Å²) in [5.74, 6) is 0.655. The summed E-state index contributed by atoms with van der Waals surface area (Å²) in [6.45, 7) is 5.96. The first-order valence-electron chi connectivity index (χ1n) is 10.5. The number of nitrogens with one attached hydrogen (secondary N) is 1. The number of anilines is 1. The molecule has 1 amide bonds. The maximum Gasteiger partial charge on any atom is 0.243 e. The van der Waals surface area contributed by atoms with Crippen molar-refractivity contribution in [2.75, 3.05) is 45.2 Å². The number of hydrogen-bond acceptors (Lipinski definition) is 5. The number of morpholine rings is 1. The number of aryl methyl sites for hydroxylation is 1. The molecule has 0 bridgehead atoms. The van der Waals surface area contributed by atoms with Crippen LogP contribution in [0.5, 0.6) is 0 Å². The molecule has 1 aliphatic carbocycles. The van der Waals surface area contributed by atoms with E-state index in [9.17, 15) is 13.2 Å². The molecule has 0 spiro atoms. The molecule has 1 aromatic rings. The summed E-state index contributed by atoms with van der Waals surface area (Å²) in [5.41, 5.74) is 1.39. The molecule has 8 heteroatoms. The summed E-state index contributed by atoms with van der Waals surface area (Å²) in [7, 11) is -1.60. The molecule has 1 saturated heterocycles. The zero-order chi connectivity index (χ0) is 21.0. The van der Waals surface area contributed by atoms with Gasteiger partial charge in [0, 0.05) is 24.8 Å². The molecular weight excluding hydrogens is 390 g/mol. The van der Waals surface area contributed by atoms with E-state index in [4.69, 9.17) is 4.74 Å². The normalized spacial score (nSPS) is 23.9. The van der Waals surface area contributed by atoms with Crippen LogP contribution in [-0.2, 0) is 19.6 Å².